The molecule has 27 heavy (non-hydrogen) atoms. The second kappa shape index (κ2) is 6.87. The number of hydrogen-bond donors (Lipinski definition) is 2. The Morgan fingerprint density at radius 1 is 1.15 bits per heavy atom. The maximum Gasteiger partial charge on any atom is 0.257 e. The van der Waals surface area contributed by atoms with Crippen LogP contribution in [-0.4, -0.2) is 29.1 Å². The molecule has 0 atom stereocenters. The second-order valence-electron chi connectivity index (χ2n) is 6.24. The van der Waals surface area contributed by atoms with Crippen molar-refractivity contribution in [1.82, 2.24) is 9.97 Å². The highest BCUT2D eigenvalue weighted by Crippen LogP contribution is 2.35. The van der Waals surface area contributed by atoms with Gasteiger partial charge in [-0.1, -0.05) is 42.0 Å². The third-order valence-corrected chi connectivity index (χ3v) is 4.30. The smallest absolute Gasteiger partial charge is 0.257 e. The number of amides is 1. The Hall–Kier alpha value is -3.74. The van der Waals surface area contributed by atoms with Gasteiger partial charge in [0.2, 0.25) is 5.95 Å². The van der Waals surface area contributed by atoms with Gasteiger partial charge in [0, 0.05) is 7.05 Å². The fourth-order valence-electron chi connectivity index (χ4n) is 2.85. The molecule has 4 rings (SSSR count). The van der Waals surface area contributed by atoms with Crippen LogP contribution in [0.3, 0.4) is 0 Å². The van der Waals surface area contributed by atoms with Gasteiger partial charge in [-0.2, -0.15) is 10.1 Å². The fourth-order valence-corrected chi connectivity index (χ4v) is 2.85. The molecule has 0 saturated carbocycles. The Labute approximate surface area is 156 Å². The number of nitrogens with one attached hydrogen (secondary N) is 2. The molecule has 2 heterocycles. The lowest BCUT2D eigenvalue weighted by Crippen LogP contribution is -2.13. The second-order valence-corrected chi connectivity index (χ2v) is 6.24. The molecule has 0 fully saturated rings. The maximum absolute atomic E-state index is 12.4. The van der Waals surface area contributed by atoms with E-state index in [4.69, 9.17) is 0 Å². The van der Waals surface area contributed by atoms with E-state index in [2.05, 4.69) is 25.8 Å². The van der Waals surface area contributed by atoms with Crippen LogP contribution in [-0.2, 0) is 0 Å². The predicted octanol–water partition coefficient (Wildman–Crippen LogP) is 3.56. The summed E-state index contributed by atoms with van der Waals surface area (Å²) in [7, 11) is 1.87. The van der Waals surface area contributed by atoms with E-state index in [0.29, 0.717) is 23.0 Å². The van der Waals surface area contributed by atoms with Crippen molar-refractivity contribution in [2.45, 2.75) is 6.92 Å². The third-order valence-electron chi connectivity index (χ3n) is 4.30. The molecule has 1 amide bonds. The molecule has 0 unspecified atom stereocenters. The molecule has 7 nitrogen and oxygen atoms in total. The first-order valence-electron chi connectivity index (χ1n) is 8.49. The van der Waals surface area contributed by atoms with Gasteiger partial charge in [-0.25, -0.2) is 10.4 Å². The summed E-state index contributed by atoms with van der Waals surface area (Å²) in [6.45, 7) is 2.04. The Kier molecular flexibility index (Phi) is 4.25. The van der Waals surface area contributed by atoms with Gasteiger partial charge in [-0.05, 0) is 24.6 Å². The lowest BCUT2D eigenvalue weighted by molar-refractivity contribution is 0.102. The number of fused-ring (bicyclic) bond motifs is 2. The average molecular weight is 358 g/mol. The quantitative estimate of drug-likeness (QED) is 0.552. The van der Waals surface area contributed by atoms with Gasteiger partial charge in [0.25, 0.3) is 5.91 Å². The van der Waals surface area contributed by atoms with Crippen LogP contribution in [0.4, 0.5) is 23.1 Å². The van der Waals surface area contributed by atoms with E-state index in [-0.39, 0.29) is 5.91 Å². The molecule has 134 valence electrons. The summed E-state index contributed by atoms with van der Waals surface area (Å²) in [6, 6.07) is 15.4. The normalized spacial score (nSPS) is 13.0. The zero-order chi connectivity index (χ0) is 18.8. The molecular weight excluding hydrogens is 340 g/mol. The molecule has 1 aliphatic heterocycles. The zero-order valence-corrected chi connectivity index (χ0v) is 15.0. The largest absolute Gasteiger partial charge is 0.327 e. The van der Waals surface area contributed by atoms with E-state index in [1.165, 1.54) is 5.56 Å². The molecular formula is C20H18N6O. The number of rotatable bonds is 3. The van der Waals surface area contributed by atoms with Crippen LogP contribution in [0.1, 0.15) is 21.5 Å². The number of carbonyl (C=O) groups excluding carboxylic acids is 1. The van der Waals surface area contributed by atoms with E-state index < -0.39 is 0 Å². The highest BCUT2D eigenvalue weighted by atomic mass is 16.1. The number of benzene rings is 2. The highest BCUT2D eigenvalue weighted by molar-refractivity contribution is 6.11. The third kappa shape index (κ3) is 3.35. The molecule has 2 N–H and O–H groups in total. The molecule has 1 aromatic heterocycles. The molecule has 1 aliphatic rings. The zero-order valence-electron chi connectivity index (χ0n) is 15.0. The van der Waals surface area contributed by atoms with Gasteiger partial charge in [0.15, 0.2) is 5.82 Å². The number of anilines is 4. The lowest BCUT2D eigenvalue weighted by Gasteiger charge is -2.19. The highest BCUT2D eigenvalue weighted by Gasteiger charge is 2.24. The van der Waals surface area contributed by atoms with Crippen LogP contribution in [0.25, 0.3) is 0 Å². The first-order valence-corrected chi connectivity index (χ1v) is 8.49. The molecule has 0 aliphatic carbocycles. The Bertz CT molecular complexity index is 1030. The average Bonchev–Trinajstić information content (AvgIpc) is 2.79. The topological polar surface area (TPSA) is 82.5 Å². The molecule has 0 spiro atoms. The fraction of sp³-hybridized carbons (Fsp3) is 0.100. The van der Waals surface area contributed by atoms with Gasteiger partial charge in [-0.3, -0.25) is 4.79 Å². The number of hydrazone groups is 1. The first kappa shape index (κ1) is 16.7. The van der Waals surface area contributed by atoms with Crippen LogP contribution in [0.15, 0.2) is 59.8 Å². The summed E-state index contributed by atoms with van der Waals surface area (Å²) >= 11 is 0. The van der Waals surface area contributed by atoms with Gasteiger partial charge < -0.3 is 10.2 Å². The van der Waals surface area contributed by atoms with Gasteiger partial charge >= 0.3 is 0 Å². The summed E-state index contributed by atoms with van der Waals surface area (Å²) in [6.07, 6.45) is 3.28. The minimum atomic E-state index is -0.182. The molecule has 2 aromatic carbocycles. The molecule has 0 saturated heterocycles. The maximum atomic E-state index is 12.4. The Morgan fingerprint density at radius 3 is 2.74 bits per heavy atom. The SMILES string of the molecule is Cc1ccc(/C=N\Nc2ncc3c(n2)N(C)c2ccccc2C(=O)N3)cc1. The van der Waals surface area contributed by atoms with Crippen LogP contribution in [0.2, 0.25) is 0 Å². The summed E-state index contributed by atoms with van der Waals surface area (Å²) < 4.78 is 0. The number of nitrogens with zero attached hydrogens (tertiary/aromatic N) is 4. The number of para-hydroxylation sites is 1. The van der Waals surface area contributed by atoms with E-state index in [9.17, 15) is 4.79 Å². The van der Waals surface area contributed by atoms with Crippen molar-refractivity contribution in [2.24, 2.45) is 5.10 Å². The van der Waals surface area contributed by atoms with Gasteiger partial charge in [0.1, 0.15) is 5.69 Å². The Morgan fingerprint density at radius 2 is 1.93 bits per heavy atom. The van der Waals surface area contributed by atoms with Crippen LogP contribution >= 0.6 is 0 Å². The predicted molar refractivity (Wildman–Crippen MR) is 107 cm³/mol. The minimum absolute atomic E-state index is 0.182. The number of aryl methyl sites for hydroxylation is 1. The van der Waals surface area contributed by atoms with E-state index in [0.717, 1.165) is 11.3 Å². The summed E-state index contributed by atoms with van der Waals surface area (Å²) in [5, 5.41) is 7.04. The molecule has 7 heteroatoms. The summed E-state index contributed by atoms with van der Waals surface area (Å²) in [4.78, 5) is 23.0. The van der Waals surface area contributed by atoms with Crippen molar-refractivity contribution in [3.63, 3.8) is 0 Å². The molecule has 0 radical (unpaired) electrons. The summed E-state index contributed by atoms with van der Waals surface area (Å²) in [5.74, 6) is 0.756. The van der Waals surface area contributed by atoms with Gasteiger partial charge in [-0.15, -0.1) is 0 Å². The van der Waals surface area contributed by atoms with Crippen molar-refractivity contribution in [2.75, 3.05) is 22.7 Å². The lowest BCUT2D eigenvalue weighted by atomic mass is 10.1. The van der Waals surface area contributed by atoms with Crippen LogP contribution < -0.4 is 15.6 Å². The standard InChI is InChI=1S/C20H18N6O/c1-13-7-9-14(10-8-13)11-22-25-20-21-12-16-18(24-20)26(2)17-6-4-3-5-15(17)19(27)23-16/h3-12H,1-2H3,(H,23,27)(H,21,24,25)/b22-11-. The summed E-state index contributed by atoms with van der Waals surface area (Å²) in [5.41, 5.74) is 6.92. The van der Waals surface area contributed by atoms with Gasteiger partial charge in [0.05, 0.1) is 23.7 Å². The number of carbonyl (C=O) groups is 1. The van der Waals surface area contributed by atoms with E-state index in [1.807, 2.05) is 61.3 Å². The van der Waals surface area contributed by atoms with Crippen molar-refractivity contribution < 1.29 is 4.79 Å². The number of hydrogen-bond acceptors (Lipinski definition) is 6. The van der Waals surface area contributed by atoms with Crippen LogP contribution in [0, 0.1) is 6.92 Å². The Balaban J connectivity index is 1.60. The first-order chi connectivity index (χ1) is 13.1. The molecule has 0 bridgehead atoms. The van der Waals surface area contributed by atoms with Crippen LogP contribution in [0.5, 0.6) is 0 Å². The van der Waals surface area contributed by atoms with E-state index >= 15 is 0 Å². The monoisotopic (exact) mass is 358 g/mol. The van der Waals surface area contributed by atoms with Crippen molar-refractivity contribution in [3.05, 3.63) is 71.4 Å². The molecule has 3 aromatic rings. The van der Waals surface area contributed by atoms with Crippen molar-refractivity contribution in [1.29, 1.82) is 0 Å². The van der Waals surface area contributed by atoms with E-state index in [1.54, 1.807) is 18.5 Å². The number of aromatic nitrogens is 2. The van der Waals surface area contributed by atoms with Crippen molar-refractivity contribution in [3.8, 4) is 0 Å². The minimum Gasteiger partial charge on any atom is -0.327 e. The van der Waals surface area contributed by atoms with Crippen molar-refractivity contribution >= 4 is 35.3 Å².